The third kappa shape index (κ3) is 4.80. The average Bonchev–Trinajstić information content (AvgIpc) is 3.10. The summed E-state index contributed by atoms with van der Waals surface area (Å²) in [4.78, 5) is 14.8. The van der Waals surface area contributed by atoms with Gasteiger partial charge in [-0.1, -0.05) is 36.4 Å². The highest BCUT2D eigenvalue weighted by Gasteiger charge is 2.45. The molecule has 0 saturated carbocycles. The predicted octanol–water partition coefficient (Wildman–Crippen LogP) is 7.32. The number of carboxylic acid groups (broad SMARTS) is 1. The number of allylic oxidation sites excluding steroid dienone is 5. The number of anilines is 1. The van der Waals surface area contributed by atoms with E-state index in [9.17, 15) is 14.3 Å². The van der Waals surface area contributed by atoms with Gasteiger partial charge in [0.05, 0.1) is 0 Å². The van der Waals surface area contributed by atoms with Gasteiger partial charge < -0.3 is 14.6 Å². The minimum atomic E-state index is -3.66. The minimum absolute atomic E-state index is 0.0969. The highest BCUT2D eigenvalue weighted by molar-refractivity contribution is 7.83. The van der Waals surface area contributed by atoms with Crippen molar-refractivity contribution in [1.82, 2.24) is 0 Å². The summed E-state index contributed by atoms with van der Waals surface area (Å²) in [5.74, 6) is -6.09. The number of halogens is 3. The third-order valence-corrected chi connectivity index (χ3v) is 12.9. The molecular weight excluding hydrogens is 608 g/mol. The van der Waals surface area contributed by atoms with Gasteiger partial charge in [-0.2, -0.15) is 0 Å². The lowest BCUT2D eigenvalue weighted by atomic mass is 9.85. The molecule has 4 aliphatic rings. The molecule has 0 aromatic heterocycles. The van der Waals surface area contributed by atoms with E-state index in [0.717, 1.165) is 83.0 Å². The molecule has 1 N–H and O–H groups in total. The summed E-state index contributed by atoms with van der Waals surface area (Å²) in [6.07, 6.45) is 11.8. The Balaban J connectivity index is 1.61. The number of aromatic carboxylic acids is 1. The Bertz CT molecular complexity index is 1950. The van der Waals surface area contributed by atoms with Crippen LogP contribution in [0.4, 0.5) is 18.9 Å². The first-order valence-electron chi connectivity index (χ1n) is 15.9. The van der Waals surface area contributed by atoms with E-state index in [1.165, 1.54) is 0 Å². The second-order valence-electron chi connectivity index (χ2n) is 12.4. The summed E-state index contributed by atoms with van der Waals surface area (Å²) in [5.41, 5.74) is 0.289. The molecule has 2 saturated heterocycles. The Morgan fingerprint density at radius 1 is 0.870 bits per heavy atom. The second kappa shape index (κ2) is 11.9. The molecule has 0 radical (unpaired) electrons. The van der Waals surface area contributed by atoms with Gasteiger partial charge in [-0.15, -0.1) is 0 Å². The Labute approximate surface area is 266 Å². The molecule has 7 rings (SSSR count). The summed E-state index contributed by atoms with van der Waals surface area (Å²) in [7, 11) is -3.66. The Kier molecular flexibility index (Phi) is 7.88. The summed E-state index contributed by atoms with van der Waals surface area (Å²) in [6.45, 7) is 4.44. The van der Waals surface area contributed by atoms with E-state index in [0.29, 0.717) is 27.1 Å². The van der Waals surface area contributed by atoms with Crippen LogP contribution in [0.25, 0.3) is 5.57 Å². The van der Waals surface area contributed by atoms with Crippen molar-refractivity contribution in [3.8, 4) is 0 Å². The first-order chi connectivity index (χ1) is 22.2. The maximum absolute atomic E-state index is 16.3. The van der Waals surface area contributed by atoms with Crippen molar-refractivity contribution >= 4 is 40.7 Å². The molecule has 9 heteroatoms. The van der Waals surface area contributed by atoms with Gasteiger partial charge in [0.15, 0.2) is 18.8 Å². The van der Waals surface area contributed by atoms with E-state index in [1.54, 1.807) is 12.1 Å². The average molecular weight is 644 g/mol. The van der Waals surface area contributed by atoms with Crippen LogP contribution in [0.1, 0.15) is 65.6 Å². The fourth-order valence-corrected chi connectivity index (χ4v) is 10.4. The van der Waals surface area contributed by atoms with Crippen molar-refractivity contribution in [2.24, 2.45) is 0 Å². The van der Waals surface area contributed by atoms with E-state index in [2.05, 4.69) is 9.48 Å². The lowest BCUT2D eigenvalue weighted by molar-refractivity contribution is -0.535. The van der Waals surface area contributed by atoms with Crippen molar-refractivity contribution in [3.05, 3.63) is 117 Å². The molecule has 2 fully saturated rings. The smallest absolute Gasteiger partial charge is 0.339 e. The molecule has 3 aliphatic heterocycles. The maximum atomic E-state index is 16.3. The Morgan fingerprint density at radius 2 is 1.57 bits per heavy atom. The number of carboxylic acids is 1. The summed E-state index contributed by atoms with van der Waals surface area (Å²) < 4.78 is 64.9. The molecule has 46 heavy (non-hydrogen) atoms. The van der Waals surface area contributed by atoms with E-state index in [4.69, 9.17) is 0 Å². The summed E-state index contributed by atoms with van der Waals surface area (Å²) in [5, 5.41) is 11.6. The summed E-state index contributed by atoms with van der Waals surface area (Å²) in [6, 6.07) is 14.7. The monoisotopic (exact) mass is 643 g/mol. The summed E-state index contributed by atoms with van der Waals surface area (Å²) >= 11 is 0. The molecule has 1 atom stereocenters. The molecule has 0 bridgehead atoms. The number of benzene rings is 3. The second-order valence-corrected chi connectivity index (χ2v) is 15.1. The van der Waals surface area contributed by atoms with Crippen molar-refractivity contribution in [1.29, 1.82) is 0 Å². The van der Waals surface area contributed by atoms with Gasteiger partial charge in [0, 0.05) is 76.4 Å². The molecule has 3 heterocycles. The van der Waals surface area contributed by atoms with Crippen LogP contribution in [0.15, 0.2) is 77.6 Å². The number of carbonyl (C=O) groups is 1. The van der Waals surface area contributed by atoms with Crippen LogP contribution in [0.2, 0.25) is 0 Å². The van der Waals surface area contributed by atoms with Gasteiger partial charge in [0.1, 0.15) is 24.5 Å². The normalized spacial score (nSPS) is 21.2. The first kappa shape index (κ1) is 30.5. The van der Waals surface area contributed by atoms with E-state index >= 15 is 13.3 Å². The molecule has 1 unspecified atom stereocenters. The van der Waals surface area contributed by atoms with Crippen molar-refractivity contribution in [2.45, 2.75) is 45.4 Å². The van der Waals surface area contributed by atoms with Crippen LogP contribution in [0.3, 0.4) is 0 Å². The van der Waals surface area contributed by atoms with Gasteiger partial charge >= 0.3 is 5.97 Å². The highest BCUT2D eigenvalue weighted by Crippen LogP contribution is 2.62. The molecule has 1 aliphatic carbocycles. The standard InChI is InChI=1S/C37H34F3N2O3P/c1-23-34(38)32(33(37(43)44)36(40)35(23)39)31-27-15-13-24(41-17-7-3-8-18-41)21-29(27)46(45,26-11-5-2-6-12-26)30-22-25(14-16-28(30)31)42-19-9-4-10-20-42/h2,5-6,11-16,21-22H,3-4,7-10,17-20H2,1H3/p+1. The third-order valence-electron chi connectivity index (χ3n) is 9.75. The number of hydrogen-bond donors (Lipinski definition) is 1. The number of fused-ring (bicyclic) bond motifs is 2. The van der Waals surface area contributed by atoms with Crippen LogP contribution in [0, 0.1) is 24.4 Å². The van der Waals surface area contributed by atoms with Crippen LogP contribution in [-0.4, -0.2) is 47.5 Å². The Morgan fingerprint density at radius 3 is 2.26 bits per heavy atom. The predicted molar refractivity (Wildman–Crippen MR) is 176 cm³/mol. The molecule has 5 nitrogen and oxygen atoms in total. The highest BCUT2D eigenvalue weighted by atomic mass is 31.2. The first-order valence-corrected chi connectivity index (χ1v) is 17.7. The van der Waals surface area contributed by atoms with E-state index < -0.39 is 47.3 Å². The van der Waals surface area contributed by atoms with Crippen LogP contribution < -0.4 is 15.5 Å². The van der Waals surface area contributed by atoms with Gasteiger partial charge in [-0.05, 0) is 62.0 Å². The molecule has 0 spiro atoms. The molecule has 3 aromatic rings. The number of hydrogen-bond acceptors (Lipinski definition) is 3. The number of nitrogens with zero attached hydrogens (tertiary/aromatic N) is 2. The maximum Gasteiger partial charge on any atom is 0.339 e. The molecule has 3 aromatic carbocycles. The topological polar surface area (TPSA) is 60.6 Å². The van der Waals surface area contributed by atoms with Crippen LogP contribution in [0.5, 0.6) is 0 Å². The van der Waals surface area contributed by atoms with E-state index in [-0.39, 0.29) is 5.57 Å². The fourth-order valence-electron chi connectivity index (χ4n) is 7.36. The number of piperidine rings is 2. The largest absolute Gasteiger partial charge is 0.478 e. The molecule has 0 amide bonds. The number of rotatable bonds is 4. The molecular formula is C37H35F3N2O3P+. The van der Waals surface area contributed by atoms with Gasteiger partial charge in [-0.25, -0.2) is 22.5 Å². The quantitative estimate of drug-likeness (QED) is 0.184. The van der Waals surface area contributed by atoms with Crippen molar-refractivity contribution in [2.75, 3.05) is 31.1 Å². The minimum Gasteiger partial charge on any atom is -0.478 e. The van der Waals surface area contributed by atoms with Gasteiger partial charge in [0.2, 0.25) is 5.71 Å². The van der Waals surface area contributed by atoms with Crippen LogP contribution in [-0.2, 0) is 4.57 Å². The van der Waals surface area contributed by atoms with Crippen LogP contribution >= 0.6 is 7.14 Å². The van der Waals surface area contributed by atoms with Gasteiger partial charge in [-0.3, -0.25) is 0 Å². The van der Waals surface area contributed by atoms with Gasteiger partial charge in [0.25, 0.3) is 0 Å². The lowest BCUT2D eigenvalue weighted by Gasteiger charge is -2.36. The SMILES string of the molecule is Cc1c(F)c(F)c(C(=O)O)c(C2=C3C=CC(=[N+]4CCCCC4)C=C3P(=O)(c3ccccc3)c3cc(N4CCCCC4)ccc32)c1F. The van der Waals surface area contributed by atoms with Crippen molar-refractivity contribution in [3.63, 3.8) is 0 Å². The molecule has 236 valence electrons. The zero-order chi connectivity index (χ0) is 32.2. The Hall–Kier alpha value is -4.16. The zero-order valence-electron chi connectivity index (χ0n) is 25.7. The zero-order valence-corrected chi connectivity index (χ0v) is 26.6. The van der Waals surface area contributed by atoms with E-state index in [1.807, 2.05) is 54.6 Å². The fraction of sp³-hybridized carbons (Fsp3) is 0.297. The van der Waals surface area contributed by atoms with Crippen molar-refractivity contribution < 1.29 is 32.2 Å². The lowest BCUT2D eigenvalue weighted by Crippen LogP contribution is -2.33.